The maximum atomic E-state index is 11.6. The van der Waals surface area contributed by atoms with Crippen LogP contribution >= 0.6 is 35.0 Å². The number of hydrogen-bond donors (Lipinski definition) is 5. The van der Waals surface area contributed by atoms with Crippen LogP contribution in [0.15, 0.2) is 0 Å². The third-order valence-electron chi connectivity index (χ3n) is 3.22. The SMILES string of the molecule is CS[C@H]1O[C@H]([C@H](NC(=O)C(Cl)Cl)[C@@H](C)O)[C@H](O)[C@H](O)[C@H]1O. The fraction of sp³-hybridized carbons (Fsp3) is 0.909. The standard InChI is InChI=1S/C11H19Cl2NO6S/c1-3(15)4(14-10(19)9(12)13)8-6(17)5(16)7(18)11(20-8)21-2/h3-9,11,15-18H,1-2H3,(H,14,19)/t3-,4-,5+,6-,7-,8-,11-/m1/s1. The van der Waals surface area contributed by atoms with E-state index in [-0.39, 0.29) is 0 Å². The lowest BCUT2D eigenvalue weighted by Crippen LogP contribution is -2.65. The van der Waals surface area contributed by atoms with Gasteiger partial charge in [-0.2, -0.15) is 0 Å². The number of nitrogens with one attached hydrogen (secondary N) is 1. The summed E-state index contributed by atoms with van der Waals surface area (Å²) in [5.41, 5.74) is -0.811. The van der Waals surface area contributed by atoms with Gasteiger partial charge in [0.25, 0.3) is 5.91 Å². The molecule has 1 aliphatic rings. The number of alkyl halides is 2. The zero-order valence-electron chi connectivity index (χ0n) is 11.4. The topological polar surface area (TPSA) is 119 Å². The van der Waals surface area contributed by atoms with Gasteiger partial charge in [-0.05, 0) is 13.2 Å². The molecule has 0 unspecified atom stereocenters. The predicted molar refractivity (Wildman–Crippen MR) is 79.3 cm³/mol. The third kappa shape index (κ3) is 4.59. The van der Waals surface area contributed by atoms with E-state index in [4.69, 9.17) is 27.9 Å². The molecule has 0 saturated carbocycles. The van der Waals surface area contributed by atoms with Crippen LogP contribution in [0.3, 0.4) is 0 Å². The Kier molecular flexibility index (Phi) is 7.48. The number of hydrogen-bond acceptors (Lipinski definition) is 7. The second-order valence-corrected chi connectivity index (χ2v) is 6.78. The number of carbonyl (C=O) groups excluding carboxylic acids is 1. The molecule has 7 nitrogen and oxygen atoms in total. The third-order valence-corrected chi connectivity index (χ3v) is 4.47. The van der Waals surface area contributed by atoms with Crippen molar-refractivity contribution in [1.29, 1.82) is 0 Å². The molecule has 10 heteroatoms. The van der Waals surface area contributed by atoms with E-state index in [1.54, 1.807) is 6.26 Å². The lowest BCUT2D eigenvalue weighted by molar-refractivity contribution is -0.210. The monoisotopic (exact) mass is 363 g/mol. The lowest BCUT2D eigenvalue weighted by atomic mass is 9.92. The average molecular weight is 364 g/mol. The molecule has 0 aromatic rings. The first-order valence-electron chi connectivity index (χ1n) is 6.19. The molecule has 124 valence electrons. The Bertz CT molecular complexity index is 360. The number of halogens is 2. The number of rotatable bonds is 5. The predicted octanol–water partition coefficient (Wildman–Crippen LogP) is -1.17. The Balaban J connectivity index is 2.93. The Morgan fingerprint density at radius 2 is 1.81 bits per heavy atom. The number of aliphatic hydroxyl groups is 4. The normalized spacial score (nSPS) is 36.3. The van der Waals surface area contributed by atoms with Crippen molar-refractivity contribution < 1.29 is 30.0 Å². The Hall–Kier alpha value is 0.200. The van der Waals surface area contributed by atoms with Crippen molar-refractivity contribution in [1.82, 2.24) is 5.32 Å². The van der Waals surface area contributed by atoms with Crippen molar-refractivity contribution >= 4 is 40.9 Å². The summed E-state index contributed by atoms with van der Waals surface area (Å²) in [6.07, 6.45) is -4.83. The van der Waals surface area contributed by atoms with Gasteiger partial charge in [0.2, 0.25) is 0 Å². The zero-order chi connectivity index (χ0) is 16.3. The molecule has 0 bridgehead atoms. The number of carbonyl (C=O) groups is 1. The molecule has 1 amide bonds. The summed E-state index contributed by atoms with van der Waals surface area (Å²) in [5.74, 6) is -0.763. The first-order valence-corrected chi connectivity index (χ1v) is 8.35. The molecular formula is C11H19Cl2NO6S. The first-order chi connectivity index (χ1) is 9.70. The van der Waals surface area contributed by atoms with Gasteiger partial charge in [-0.25, -0.2) is 0 Å². The van der Waals surface area contributed by atoms with Crippen LogP contribution in [0.2, 0.25) is 0 Å². The fourth-order valence-corrected chi connectivity index (χ4v) is 2.88. The summed E-state index contributed by atoms with van der Waals surface area (Å²) in [6, 6.07) is -1.05. The number of thioether (sulfide) groups is 1. The quantitative estimate of drug-likeness (QED) is 0.390. The van der Waals surface area contributed by atoms with Crippen molar-refractivity contribution in [3.8, 4) is 0 Å². The van der Waals surface area contributed by atoms with Crippen LogP contribution in [0.4, 0.5) is 0 Å². The fourth-order valence-electron chi connectivity index (χ4n) is 2.07. The molecule has 5 N–H and O–H groups in total. The minimum absolute atomic E-state index is 0.763. The number of aliphatic hydroxyl groups excluding tert-OH is 4. The van der Waals surface area contributed by atoms with E-state index in [1.165, 1.54) is 6.92 Å². The first kappa shape index (κ1) is 19.2. The second kappa shape index (κ2) is 8.16. The molecule has 0 aromatic heterocycles. The van der Waals surface area contributed by atoms with Gasteiger partial charge in [-0.3, -0.25) is 4.79 Å². The van der Waals surface area contributed by atoms with E-state index < -0.39 is 52.7 Å². The van der Waals surface area contributed by atoms with Crippen molar-refractivity contribution in [3.63, 3.8) is 0 Å². The van der Waals surface area contributed by atoms with Gasteiger partial charge >= 0.3 is 0 Å². The highest BCUT2D eigenvalue weighted by atomic mass is 35.5. The Labute approximate surface area is 136 Å². The molecule has 1 aliphatic heterocycles. The van der Waals surface area contributed by atoms with Crippen molar-refractivity contribution in [3.05, 3.63) is 0 Å². The molecule has 1 heterocycles. The van der Waals surface area contributed by atoms with Crippen molar-refractivity contribution in [2.45, 2.75) is 53.8 Å². The molecule has 0 spiro atoms. The summed E-state index contributed by atoms with van der Waals surface area (Å²) < 4.78 is 5.48. The van der Waals surface area contributed by atoms with Gasteiger partial charge in [0.1, 0.15) is 29.9 Å². The van der Waals surface area contributed by atoms with Crippen LogP contribution in [-0.4, -0.2) is 79.4 Å². The van der Waals surface area contributed by atoms with Gasteiger partial charge in [-0.1, -0.05) is 23.2 Å². The summed E-state index contributed by atoms with van der Waals surface area (Å²) in [6.45, 7) is 1.38. The van der Waals surface area contributed by atoms with Crippen molar-refractivity contribution in [2.75, 3.05) is 6.26 Å². The lowest BCUT2D eigenvalue weighted by Gasteiger charge is -2.43. The van der Waals surface area contributed by atoms with E-state index in [1.807, 2.05) is 0 Å². The van der Waals surface area contributed by atoms with Gasteiger partial charge in [0.15, 0.2) is 4.84 Å². The smallest absolute Gasteiger partial charge is 0.253 e. The van der Waals surface area contributed by atoms with Crippen molar-refractivity contribution in [2.24, 2.45) is 0 Å². The molecule has 21 heavy (non-hydrogen) atoms. The number of amides is 1. The van der Waals surface area contributed by atoms with Crippen LogP contribution < -0.4 is 5.32 Å². The Morgan fingerprint density at radius 1 is 1.24 bits per heavy atom. The molecule has 1 fully saturated rings. The summed E-state index contributed by atoms with van der Waals surface area (Å²) in [4.78, 5) is 10.2. The molecule has 0 radical (unpaired) electrons. The Morgan fingerprint density at radius 3 is 2.24 bits per heavy atom. The van der Waals surface area contributed by atoms with E-state index in [2.05, 4.69) is 5.32 Å². The second-order valence-electron chi connectivity index (χ2n) is 4.75. The summed E-state index contributed by atoms with van der Waals surface area (Å²) in [7, 11) is 0. The molecular weight excluding hydrogens is 345 g/mol. The van der Waals surface area contributed by atoms with E-state index >= 15 is 0 Å². The molecule has 7 atom stereocenters. The largest absolute Gasteiger partial charge is 0.391 e. The molecule has 0 aromatic carbocycles. The maximum absolute atomic E-state index is 11.6. The average Bonchev–Trinajstić information content (AvgIpc) is 2.42. The highest BCUT2D eigenvalue weighted by molar-refractivity contribution is 7.99. The highest BCUT2D eigenvalue weighted by Crippen LogP contribution is 2.29. The zero-order valence-corrected chi connectivity index (χ0v) is 13.7. The summed E-state index contributed by atoms with van der Waals surface area (Å²) >= 11 is 12.0. The van der Waals surface area contributed by atoms with Gasteiger partial charge < -0.3 is 30.5 Å². The van der Waals surface area contributed by atoms with Gasteiger partial charge in [-0.15, -0.1) is 11.8 Å². The van der Waals surface area contributed by atoms with E-state index in [0.717, 1.165) is 11.8 Å². The van der Waals surface area contributed by atoms with Gasteiger partial charge in [0, 0.05) is 0 Å². The van der Waals surface area contributed by atoms with Crippen LogP contribution in [0, 0.1) is 0 Å². The van der Waals surface area contributed by atoms with Crippen LogP contribution in [-0.2, 0) is 9.53 Å². The van der Waals surface area contributed by atoms with Gasteiger partial charge in [0.05, 0.1) is 12.1 Å². The molecule has 0 aliphatic carbocycles. The minimum Gasteiger partial charge on any atom is -0.391 e. The summed E-state index contributed by atoms with van der Waals surface area (Å²) in [5, 5.41) is 41.8. The maximum Gasteiger partial charge on any atom is 0.253 e. The highest BCUT2D eigenvalue weighted by Gasteiger charge is 2.47. The van der Waals surface area contributed by atoms with Crippen LogP contribution in [0.5, 0.6) is 0 Å². The van der Waals surface area contributed by atoms with E-state index in [0.29, 0.717) is 0 Å². The number of ether oxygens (including phenoxy) is 1. The van der Waals surface area contributed by atoms with E-state index in [9.17, 15) is 25.2 Å². The molecule has 1 saturated heterocycles. The van der Waals surface area contributed by atoms with Crippen LogP contribution in [0.1, 0.15) is 6.92 Å². The van der Waals surface area contributed by atoms with Crippen LogP contribution in [0.25, 0.3) is 0 Å². The molecule has 1 rings (SSSR count). The minimum atomic E-state index is -1.49.